The summed E-state index contributed by atoms with van der Waals surface area (Å²) in [6.07, 6.45) is 2.48. The van der Waals surface area contributed by atoms with E-state index in [1.807, 2.05) is 31.0 Å². The van der Waals surface area contributed by atoms with E-state index in [4.69, 9.17) is 4.42 Å². The topological polar surface area (TPSA) is 39.7 Å². The molecule has 4 aromatic carbocycles. The van der Waals surface area contributed by atoms with Crippen molar-refractivity contribution in [2.24, 2.45) is 5.92 Å². The van der Waals surface area contributed by atoms with Crippen LogP contribution in [0.5, 0.6) is 0 Å². The third kappa shape index (κ3) is 6.36. The summed E-state index contributed by atoms with van der Waals surface area (Å²) in [5.74, 6) is 1.43. The Labute approximate surface area is 281 Å². The summed E-state index contributed by atoms with van der Waals surface area (Å²) < 4.78 is 11.4. The lowest BCUT2D eigenvalue weighted by molar-refractivity contribution is -0.123. The first-order valence-electron chi connectivity index (χ1n) is 16.5. The van der Waals surface area contributed by atoms with Crippen LogP contribution in [-0.2, 0) is 4.79 Å². The molecule has 4 aromatic rings. The number of nitrogens with zero attached hydrogens (tertiary/aromatic N) is 3. The molecule has 0 bridgehead atoms. The second-order valence-corrected chi connectivity index (χ2v) is 13.4. The monoisotopic (exact) mass is 638 g/mol. The molecule has 0 spiro atoms. The van der Waals surface area contributed by atoms with E-state index in [2.05, 4.69) is 137 Å². The molecule has 6 heteroatoms. The van der Waals surface area contributed by atoms with E-state index < -0.39 is 0 Å². The molecule has 0 N–H and O–H groups in total. The maximum absolute atomic E-state index is 12.4. The number of hydrogen-bond donors (Lipinski definition) is 0. The first kappa shape index (κ1) is 31.0. The molecule has 7 rings (SSSR count). The van der Waals surface area contributed by atoms with Crippen LogP contribution in [0, 0.1) is 5.92 Å². The zero-order chi connectivity index (χ0) is 32.3. The number of piperidine rings is 1. The molecular weight excluding hydrogens is 599 g/mol. The van der Waals surface area contributed by atoms with E-state index in [1.54, 1.807) is 0 Å². The van der Waals surface area contributed by atoms with Crippen molar-refractivity contribution in [3.63, 3.8) is 0 Å². The Hall–Kier alpha value is -4.65. The number of carbonyl (C=O) groups is 1. The van der Waals surface area contributed by atoms with Crippen molar-refractivity contribution in [2.45, 2.75) is 31.1 Å². The molecule has 47 heavy (non-hydrogen) atoms. The minimum atomic E-state index is 0.196. The lowest BCUT2D eigenvalue weighted by Gasteiger charge is -2.30. The maximum atomic E-state index is 12.4. The molecule has 1 fully saturated rings. The van der Waals surface area contributed by atoms with Gasteiger partial charge in [-0.2, -0.15) is 4.58 Å². The van der Waals surface area contributed by atoms with Gasteiger partial charge in [-0.3, -0.25) is 4.79 Å². The molecule has 0 saturated carbocycles. The number of rotatable bonds is 8. The van der Waals surface area contributed by atoms with Gasteiger partial charge in [0.2, 0.25) is 11.0 Å². The van der Waals surface area contributed by atoms with Crippen LogP contribution in [-0.4, -0.2) is 37.3 Å². The average molecular weight is 639 g/mol. The molecule has 2 aliphatic heterocycles. The van der Waals surface area contributed by atoms with E-state index in [-0.39, 0.29) is 5.92 Å². The van der Waals surface area contributed by atoms with E-state index >= 15 is 0 Å². The molecule has 5 nitrogen and oxygen atoms in total. The fourth-order valence-corrected chi connectivity index (χ4v) is 7.71. The van der Waals surface area contributed by atoms with Crippen LogP contribution in [0.4, 0.5) is 17.1 Å². The normalized spacial score (nSPS) is 14.8. The number of Topliss-reactive ketones (excluding diaryl/α,β-unsaturated/α-hetero) is 1. The van der Waals surface area contributed by atoms with Crippen molar-refractivity contribution in [3.05, 3.63) is 127 Å². The summed E-state index contributed by atoms with van der Waals surface area (Å²) in [4.78, 5) is 15.8. The van der Waals surface area contributed by atoms with Crippen molar-refractivity contribution >= 4 is 45.8 Å². The summed E-state index contributed by atoms with van der Waals surface area (Å²) >= 11 is 1.81. The standard InChI is InChI=1S/C41H40N3O2S/c1-4-37(45)29-23-25-44(26-24-29)47-40-18-12-11-17-36(40)41-34-21-19-32(42(2)30-13-7-5-8-14-30)27-38(34)46-39-28-33(20-22-35(39)41)43(3)31-15-9-6-10-16-31/h5-22,27-29H,4,23-26H2,1-3H3/q+1. The van der Waals surface area contributed by atoms with Gasteiger partial charge in [0.25, 0.3) is 0 Å². The predicted molar refractivity (Wildman–Crippen MR) is 196 cm³/mol. The van der Waals surface area contributed by atoms with Crippen LogP contribution in [0.3, 0.4) is 0 Å². The number of para-hydroxylation sites is 2. The Morgan fingerprint density at radius 2 is 1.53 bits per heavy atom. The predicted octanol–water partition coefficient (Wildman–Crippen LogP) is 9.40. The molecule has 1 saturated heterocycles. The van der Waals surface area contributed by atoms with Gasteiger partial charge in [-0.25, -0.2) is 4.31 Å². The first-order chi connectivity index (χ1) is 23.0. The summed E-state index contributed by atoms with van der Waals surface area (Å²) in [5.41, 5.74) is 7.56. The van der Waals surface area contributed by atoms with Crippen LogP contribution in [0.25, 0.3) is 33.4 Å². The highest BCUT2D eigenvalue weighted by Gasteiger charge is 2.26. The molecule has 3 aliphatic rings. The van der Waals surface area contributed by atoms with Gasteiger partial charge in [-0.05, 0) is 66.8 Å². The third-order valence-corrected chi connectivity index (χ3v) is 10.6. The number of hydrogen-bond acceptors (Lipinski definition) is 5. The van der Waals surface area contributed by atoms with E-state index in [0.717, 1.165) is 70.6 Å². The molecular formula is C41H40N3O2S+. The summed E-state index contributed by atoms with van der Waals surface area (Å²) in [6, 6.07) is 42.6. The number of fused-ring (bicyclic) bond motifs is 2. The van der Waals surface area contributed by atoms with Crippen molar-refractivity contribution in [2.75, 3.05) is 32.1 Å². The Kier molecular flexibility index (Phi) is 8.96. The Morgan fingerprint density at radius 1 is 0.830 bits per heavy atom. The fraction of sp³-hybridized carbons (Fsp3) is 0.220. The van der Waals surface area contributed by atoms with Crippen LogP contribution >= 0.6 is 11.9 Å². The molecule has 2 heterocycles. The van der Waals surface area contributed by atoms with Gasteiger partial charge in [0.15, 0.2) is 0 Å². The fourth-order valence-electron chi connectivity index (χ4n) is 6.63. The number of anilines is 2. The second-order valence-electron chi connectivity index (χ2n) is 12.2. The van der Waals surface area contributed by atoms with Crippen molar-refractivity contribution in [3.8, 4) is 22.5 Å². The van der Waals surface area contributed by atoms with Gasteiger partial charge >= 0.3 is 0 Å². The van der Waals surface area contributed by atoms with Gasteiger partial charge < -0.3 is 9.32 Å². The highest BCUT2D eigenvalue weighted by Crippen LogP contribution is 2.45. The summed E-state index contributed by atoms with van der Waals surface area (Å²) in [5, 5.41) is 2.13. The number of ketones is 1. The van der Waals surface area contributed by atoms with Crippen molar-refractivity contribution in [1.82, 2.24) is 8.88 Å². The van der Waals surface area contributed by atoms with Crippen LogP contribution in [0.2, 0.25) is 0 Å². The third-order valence-electron chi connectivity index (χ3n) is 9.39. The molecule has 0 amide bonds. The van der Waals surface area contributed by atoms with Gasteiger partial charge in [-0.15, -0.1) is 0 Å². The summed E-state index contributed by atoms with van der Waals surface area (Å²) in [6.45, 7) is 3.79. The molecule has 0 unspecified atom stereocenters. The van der Waals surface area contributed by atoms with Gasteiger partial charge in [0.05, 0.1) is 6.07 Å². The van der Waals surface area contributed by atoms with E-state index in [9.17, 15) is 4.79 Å². The maximum Gasteiger partial charge on any atom is 0.209 e. The molecule has 0 radical (unpaired) electrons. The lowest BCUT2D eigenvalue weighted by atomic mass is 9.92. The minimum Gasteiger partial charge on any atom is -0.456 e. The van der Waals surface area contributed by atoms with Crippen LogP contribution in [0.15, 0.2) is 131 Å². The zero-order valence-electron chi connectivity index (χ0n) is 27.2. The van der Waals surface area contributed by atoms with Gasteiger partial charge in [-0.1, -0.05) is 61.5 Å². The average Bonchev–Trinajstić information content (AvgIpc) is 3.13. The van der Waals surface area contributed by atoms with Gasteiger partial charge in [0, 0.05) is 89.5 Å². The number of benzene rings is 5. The summed E-state index contributed by atoms with van der Waals surface area (Å²) in [7, 11) is 4.18. The Bertz CT molecular complexity index is 2060. The lowest BCUT2D eigenvalue weighted by Crippen LogP contribution is -2.32. The van der Waals surface area contributed by atoms with Crippen molar-refractivity contribution < 1.29 is 9.21 Å². The highest BCUT2D eigenvalue weighted by atomic mass is 32.2. The van der Waals surface area contributed by atoms with E-state index in [1.165, 1.54) is 16.0 Å². The Balaban J connectivity index is 1.37. The highest BCUT2D eigenvalue weighted by molar-refractivity contribution is 7.97. The van der Waals surface area contributed by atoms with Gasteiger partial charge in [0.1, 0.15) is 24.2 Å². The van der Waals surface area contributed by atoms with E-state index in [0.29, 0.717) is 12.2 Å². The molecule has 236 valence electrons. The zero-order valence-corrected chi connectivity index (χ0v) is 28.0. The molecule has 1 aliphatic carbocycles. The largest absolute Gasteiger partial charge is 0.456 e. The van der Waals surface area contributed by atoms with Crippen LogP contribution < -0.4 is 14.8 Å². The molecule has 0 aromatic heterocycles. The van der Waals surface area contributed by atoms with Crippen LogP contribution in [0.1, 0.15) is 26.2 Å². The van der Waals surface area contributed by atoms with Crippen molar-refractivity contribution in [1.29, 1.82) is 0 Å². The molecule has 0 atom stereocenters. The Morgan fingerprint density at radius 3 is 2.28 bits per heavy atom. The smallest absolute Gasteiger partial charge is 0.209 e. The SMILES string of the molecule is CCC(=O)C1CCN(Sc2ccccc2-c2c3ccc(=[N+](C)c4ccccc4)cc-3oc3cc(N(C)c4ccccc4)ccc23)CC1. The number of carbonyl (C=O) groups excluding carboxylic acids is 1. The quantitative estimate of drug-likeness (QED) is 0.0944. The minimum absolute atomic E-state index is 0.196. The first-order valence-corrected chi connectivity index (χ1v) is 17.2. The second kappa shape index (κ2) is 13.6.